The zero-order valence-corrected chi connectivity index (χ0v) is 20.6. The number of aromatic hydroxyl groups is 1. The maximum Gasteiger partial charge on any atom is 0.235 e. The van der Waals surface area contributed by atoms with Crippen molar-refractivity contribution in [2.75, 3.05) is 14.1 Å². The van der Waals surface area contributed by atoms with Crippen molar-refractivity contribution in [2.45, 2.75) is 17.7 Å². The van der Waals surface area contributed by atoms with Crippen molar-refractivity contribution < 1.29 is 39.3 Å². The van der Waals surface area contributed by atoms with E-state index in [2.05, 4.69) is 0 Å². The van der Waals surface area contributed by atoms with Gasteiger partial charge >= 0.3 is 0 Å². The quantitative estimate of drug-likeness (QED) is 0.402. The first kappa shape index (κ1) is 25.7. The van der Waals surface area contributed by atoms with E-state index < -0.39 is 76.2 Å². The molecule has 0 aliphatic heterocycles. The summed E-state index contributed by atoms with van der Waals surface area (Å²) in [5, 5.41) is 34.1. The average molecular weight is 519 g/mol. The molecule has 2 aromatic carbocycles. The van der Waals surface area contributed by atoms with Crippen molar-refractivity contribution in [3.8, 4) is 5.75 Å². The molecule has 2 unspecified atom stereocenters. The molecule has 0 aromatic heterocycles. The number of ketones is 4. The van der Waals surface area contributed by atoms with Crippen LogP contribution in [0.25, 0.3) is 11.6 Å². The number of aliphatic hydroxyl groups excluding tert-OH is 1. The van der Waals surface area contributed by atoms with E-state index in [4.69, 9.17) is 5.73 Å². The van der Waals surface area contributed by atoms with Crippen LogP contribution in [0, 0.1) is 23.7 Å². The monoisotopic (exact) mass is 518 g/mol. The molecule has 196 valence electrons. The fraction of sp³-hybridized carbons (Fsp3) is 0.321. The van der Waals surface area contributed by atoms with Crippen LogP contribution in [0.3, 0.4) is 0 Å². The van der Waals surface area contributed by atoms with Gasteiger partial charge in [0.05, 0.1) is 29.5 Å². The smallest absolute Gasteiger partial charge is 0.235 e. The van der Waals surface area contributed by atoms with E-state index in [1.165, 1.54) is 31.1 Å². The van der Waals surface area contributed by atoms with Gasteiger partial charge in [0.1, 0.15) is 5.75 Å². The number of nitrogens with two attached hydrogens (primary N) is 1. The van der Waals surface area contributed by atoms with Crippen LogP contribution in [0.15, 0.2) is 48.5 Å². The Morgan fingerprint density at radius 1 is 1.00 bits per heavy atom. The van der Waals surface area contributed by atoms with Crippen molar-refractivity contribution in [1.82, 2.24) is 4.90 Å². The SMILES string of the molecule is CN(C)[C@@H]1C(=O)C(C(N)=O)C(=O)[C@@]2(O)C(=O)C3C(=O)c4c(O)cccc4C(=Cc4ccccc4)[C@H]3[C@H](O)[C@@H]12. The Morgan fingerprint density at radius 2 is 1.66 bits per heavy atom. The summed E-state index contributed by atoms with van der Waals surface area (Å²) in [5.41, 5.74) is 3.37. The number of hydrogen-bond acceptors (Lipinski definition) is 9. The molecule has 10 heteroatoms. The van der Waals surface area contributed by atoms with E-state index in [-0.39, 0.29) is 11.1 Å². The normalized spacial score (nSPS) is 33.7. The molecule has 0 spiro atoms. The van der Waals surface area contributed by atoms with E-state index >= 15 is 0 Å². The van der Waals surface area contributed by atoms with Gasteiger partial charge in [-0.3, -0.25) is 28.9 Å². The molecule has 10 nitrogen and oxygen atoms in total. The van der Waals surface area contributed by atoms with Gasteiger partial charge in [-0.15, -0.1) is 0 Å². The van der Waals surface area contributed by atoms with Crippen LogP contribution in [0.5, 0.6) is 5.75 Å². The van der Waals surface area contributed by atoms with Gasteiger partial charge in [0.15, 0.2) is 34.7 Å². The number of likely N-dealkylation sites (N-methyl/N-ethyl adjacent to an activating group) is 1. The predicted molar refractivity (Wildman–Crippen MR) is 133 cm³/mol. The molecule has 0 radical (unpaired) electrons. The van der Waals surface area contributed by atoms with Crippen LogP contribution in [0.1, 0.15) is 21.5 Å². The number of phenols is 1. The van der Waals surface area contributed by atoms with Gasteiger partial charge in [0.2, 0.25) is 5.91 Å². The first-order chi connectivity index (χ1) is 17.9. The van der Waals surface area contributed by atoms with E-state index in [0.717, 1.165) is 0 Å². The average Bonchev–Trinajstić information content (AvgIpc) is 2.86. The number of rotatable bonds is 3. The van der Waals surface area contributed by atoms with Crippen molar-refractivity contribution >= 4 is 40.7 Å². The molecule has 38 heavy (non-hydrogen) atoms. The standard InChI is InChI=1S/C28H26N2O8/c1-30(2)21-20-23(33)17-14(11-12-7-4-3-5-8-12)13-9-6-10-15(31)16(13)22(32)18(17)25(35)28(20,38)26(36)19(24(21)34)27(29)37/h3-11,17-21,23,31,33,38H,1-2H3,(H2,29,37)/t17-,18?,19?,20-,21+,23+,28+/m1/s1. The van der Waals surface area contributed by atoms with Crippen molar-refractivity contribution in [3.05, 3.63) is 65.2 Å². The maximum absolute atomic E-state index is 14.1. The van der Waals surface area contributed by atoms with Gasteiger partial charge in [-0.25, -0.2) is 0 Å². The fourth-order valence-corrected chi connectivity index (χ4v) is 6.40. The van der Waals surface area contributed by atoms with Crippen LogP contribution in [0.2, 0.25) is 0 Å². The lowest BCUT2D eigenvalue weighted by molar-refractivity contribution is -0.192. The summed E-state index contributed by atoms with van der Waals surface area (Å²) in [6, 6.07) is 11.8. The van der Waals surface area contributed by atoms with Crippen molar-refractivity contribution in [1.29, 1.82) is 0 Å². The third-order valence-electron chi connectivity index (χ3n) is 7.99. The molecule has 0 heterocycles. The van der Waals surface area contributed by atoms with E-state index in [1.807, 2.05) is 0 Å². The number of benzene rings is 2. The Bertz CT molecular complexity index is 1430. The van der Waals surface area contributed by atoms with Gasteiger partial charge < -0.3 is 21.1 Å². The Hall–Kier alpha value is -3.99. The summed E-state index contributed by atoms with van der Waals surface area (Å²) in [6.07, 6.45) is -0.0849. The summed E-state index contributed by atoms with van der Waals surface area (Å²) in [7, 11) is 2.89. The molecular formula is C28H26N2O8. The Labute approximate surface area is 217 Å². The van der Waals surface area contributed by atoms with Gasteiger partial charge in [0.25, 0.3) is 0 Å². The lowest BCUT2D eigenvalue weighted by Gasteiger charge is -2.55. The lowest BCUT2D eigenvalue weighted by atomic mass is 9.50. The van der Waals surface area contributed by atoms with Gasteiger partial charge in [-0.1, -0.05) is 48.5 Å². The second kappa shape index (κ2) is 8.80. The number of carbonyl (C=O) groups is 5. The number of amides is 1. The molecule has 0 bridgehead atoms. The highest BCUT2D eigenvalue weighted by atomic mass is 16.3. The highest BCUT2D eigenvalue weighted by Gasteiger charge is 2.72. The molecule has 7 atom stereocenters. The first-order valence-electron chi connectivity index (χ1n) is 12.0. The molecule has 0 saturated heterocycles. The number of hydrogen-bond donors (Lipinski definition) is 4. The van der Waals surface area contributed by atoms with Crippen LogP contribution in [0.4, 0.5) is 0 Å². The van der Waals surface area contributed by atoms with Crippen LogP contribution < -0.4 is 5.73 Å². The number of phenolic OH excluding ortho intramolecular Hbond substituents is 1. The number of Topliss-reactive ketones (excluding diaryl/α,β-unsaturated/α-hetero) is 4. The van der Waals surface area contributed by atoms with E-state index in [9.17, 15) is 39.3 Å². The minimum absolute atomic E-state index is 0.187. The molecule has 2 fully saturated rings. The van der Waals surface area contributed by atoms with Gasteiger partial charge in [0, 0.05) is 5.92 Å². The Kier molecular flexibility index (Phi) is 5.94. The zero-order valence-electron chi connectivity index (χ0n) is 20.6. The first-order valence-corrected chi connectivity index (χ1v) is 12.0. The number of aliphatic hydroxyl groups is 2. The van der Waals surface area contributed by atoms with Crippen LogP contribution in [-0.4, -0.2) is 81.1 Å². The molecule has 3 aliphatic rings. The van der Waals surface area contributed by atoms with Crippen LogP contribution >= 0.6 is 0 Å². The molecule has 2 saturated carbocycles. The lowest BCUT2D eigenvalue weighted by Crippen LogP contribution is -2.77. The third kappa shape index (κ3) is 3.34. The number of primary amides is 1. The molecule has 1 amide bonds. The largest absolute Gasteiger partial charge is 0.507 e. The fourth-order valence-electron chi connectivity index (χ4n) is 6.40. The summed E-state index contributed by atoms with van der Waals surface area (Å²) < 4.78 is 0. The Morgan fingerprint density at radius 3 is 2.26 bits per heavy atom. The van der Waals surface area contributed by atoms with Crippen molar-refractivity contribution in [3.63, 3.8) is 0 Å². The topological polar surface area (TPSA) is 175 Å². The number of fused-ring (bicyclic) bond motifs is 3. The van der Waals surface area contributed by atoms with Gasteiger partial charge in [-0.2, -0.15) is 0 Å². The number of nitrogens with zero attached hydrogens (tertiary/aromatic N) is 1. The Balaban J connectivity index is 1.80. The highest BCUT2D eigenvalue weighted by Crippen LogP contribution is 2.54. The predicted octanol–water partition coefficient (Wildman–Crippen LogP) is -0.164. The molecule has 5 N–H and O–H groups in total. The van der Waals surface area contributed by atoms with E-state index in [0.29, 0.717) is 11.1 Å². The third-order valence-corrected chi connectivity index (χ3v) is 7.99. The molecule has 3 aliphatic carbocycles. The second-order valence-electron chi connectivity index (χ2n) is 10.2. The maximum atomic E-state index is 14.1. The van der Waals surface area contributed by atoms with Crippen LogP contribution in [-0.2, 0) is 19.2 Å². The summed E-state index contributed by atoms with van der Waals surface area (Å²) in [5.74, 6) is -13.1. The summed E-state index contributed by atoms with van der Waals surface area (Å²) in [4.78, 5) is 67.9. The van der Waals surface area contributed by atoms with Gasteiger partial charge in [-0.05, 0) is 36.9 Å². The number of carbonyl (C=O) groups excluding carboxylic acids is 5. The zero-order chi connectivity index (χ0) is 27.7. The summed E-state index contributed by atoms with van der Waals surface area (Å²) >= 11 is 0. The summed E-state index contributed by atoms with van der Waals surface area (Å²) in [6.45, 7) is 0. The van der Waals surface area contributed by atoms with Crippen molar-refractivity contribution in [2.24, 2.45) is 29.4 Å². The molecule has 2 aromatic rings. The second-order valence-corrected chi connectivity index (χ2v) is 10.2. The minimum atomic E-state index is -3.04. The highest BCUT2D eigenvalue weighted by molar-refractivity contribution is 6.33. The van der Waals surface area contributed by atoms with E-state index in [1.54, 1.807) is 42.5 Å². The molecular weight excluding hydrogens is 492 g/mol. The molecule has 5 rings (SSSR count). The minimum Gasteiger partial charge on any atom is -0.507 e.